The van der Waals surface area contributed by atoms with Crippen molar-refractivity contribution in [3.05, 3.63) is 77.4 Å². The zero-order valence-electron chi connectivity index (χ0n) is 19.6. The number of hydrogen-bond acceptors (Lipinski definition) is 5. The number of carbonyl (C=O) groups excluding carboxylic acids is 2. The molecule has 2 aromatic heterocycles. The third-order valence-electron chi connectivity index (χ3n) is 6.65. The molecule has 1 aliphatic heterocycles. The molecule has 5 rings (SSSR count). The lowest BCUT2D eigenvalue weighted by molar-refractivity contribution is -0.139. The van der Waals surface area contributed by atoms with Gasteiger partial charge in [-0.05, 0) is 30.4 Å². The Bertz CT molecular complexity index is 1280. The van der Waals surface area contributed by atoms with Gasteiger partial charge in [0.15, 0.2) is 5.82 Å². The summed E-state index contributed by atoms with van der Waals surface area (Å²) in [7, 11) is 0. The van der Waals surface area contributed by atoms with Gasteiger partial charge >= 0.3 is 0 Å². The van der Waals surface area contributed by atoms with Crippen LogP contribution in [0, 0.1) is 5.95 Å². The number of nitrogens with zero attached hydrogens (tertiary/aromatic N) is 5. The summed E-state index contributed by atoms with van der Waals surface area (Å²) in [5.41, 5.74) is 1.42. The summed E-state index contributed by atoms with van der Waals surface area (Å²) in [6, 6.07) is 10.1. The van der Waals surface area contributed by atoms with Crippen LogP contribution in [0.5, 0.6) is 0 Å². The molecule has 0 radical (unpaired) electrons. The van der Waals surface area contributed by atoms with Crippen molar-refractivity contribution in [3.8, 4) is 0 Å². The molecular weight excluding hydrogens is 492 g/mol. The maximum Gasteiger partial charge on any atom is 0.297 e. The molecule has 2 amide bonds. The summed E-state index contributed by atoms with van der Waals surface area (Å²) in [6.07, 6.45) is -1.90. The number of carbonyl (C=O) groups is 2. The maximum atomic E-state index is 14.8. The molecule has 1 saturated heterocycles. The number of nitrogens with one attached hydrogen (secondary N) is 1. The topological polar surface area (TPSA) is 93.0 Å². The summed E-state index contributed by atoms with van der Waals surface area (Å²) in [6.45, 7) is -0.928. The van der Waals surface area contributed by atoms with Gasteiger partial charge in [0.05, 0.1) is 18.3 Å². The van der Waals surface area contributed by atoms with Gasteiger partial charge < -0.3 is 14.8 Å². The van der Waals surface area contributed by atoms with Gasteiger partial charge in [0.1, 0.15) is 25.1 Å². The van der Waals surface area contributed by atoms with Crippen LogP contribution >= 0.6 is 0 Å². The minimum Gasteiger partial charge on any atom is -0.342 e. The second kappa shape index (κ2) is 10.3. The first-order valence-electron chi connectivity index (χ1n) is 11.9. The molecule has 0 bridgehead atoms. The third-order valence-corrected chi connectivity index (χ3v) is 6.65. The van der Waals surface area contributed by atoms with Gasteiger partial charge in [0.25, 0.3) is 6.43 Å². The molecule has 1 aliphatic carbocycles. The monoisotopic (exact) mass is 516 g/mol. The summed E-state index contributed by atoms with van der Waals surface area (Å²) >= 11 is 0. The molecule has 1 aromatic carbocycles. The van der Waals surface area contributed by atoms with E-state index in [9.17, 15) is 27.2 Å². The average molecular weight is 516 g/mol. The summed E-state index contributed by atoms with van der Waals surface area (Å²) in [4.78, 5) is 31.4. The minimum absolute atomic E-state index is 0.155. The van der Waals surface area contributed by atoms with E-state index >= 15 is 0 Å². The first-order chi connectivity index (χ1) is 17.8. The summed E-state index contributed by atoms with van der Waals surface area (Å²) in [5.74, 6) is -2.52. The Kier molecular flexibility index (Phi) is 6.90. The first-order valence-corrected chi connectivity index (χ1v) is 11.9. The molecule has 0 spiro atoms. The van der Waals surface area contributed by atoms with Crippen molar-refractivity contribution >= 4 is 11.8 Å². The fourth-order valence-corrected chi connectivity index (χ4v) is 4.63. The van der Waals surface area contributed by atoms with Crippen molar-refractivity contribution < 1.29 is 27.2 Å². The molecule has 3 atom stereocenters. The number of halogens is 4. The van der Waals surface area contributed by atoms with Gasteiger partial charge in [0, 0.05) is 12.0 Å². The van der Waals surface area contributed by atoms with Gasteiger partial charge in [-0.2, -0.15) is 4.39 Å². The number of pyridine rings is 1. The average Bonchev–Trinajstić information content (AvgIpc) is 3.48. The van der Waals surface area contributed by atoms with Crippen LogP contribution in [-0.4, -0.2) is 55.2 Å². The molecule has 1 N–H and O–H groups in total. The number of hydrogen-bond donors (Lipinski definition) is 1. The standard InChI is InChI=1S/C25H24F4N6O2/c26-16-10-19(35(11-16)20(36)12-34-13-30-33-24(34)22(27)28)25(37)32-21(15-4-2-1-3-5-15)18-9-8-17(14-6-7-14)23(29)31-18/h1-5,8-9,13-14,16,19,21-22H,6-7,10-12H2,(H,32,37). The first kappa shape index (κ1) is 24.8. The van der Waals surface area contributed by atoms with Gasteiger partial charge in [-0.3, -0.25) is 9.59 Å². The number of rotatable bonds is 8. The van der Waals surface area contributed by atoms with E-state index in [0.29, 0.717) is 11.1 Å². The smallest absolute Gasteiger partial charge is 0.297 e. The maximum absolute atomic E-state index is 14.8. The van der Waals surface area contributed by atoms with Crippen LogP contribution < -0.4 is 5.32 Å². The highest BCUT2D eigenvalue weighted by Crippen LogP contribution is 2.41. The lowest BCUT2D eigenvalue weighted by Crippen LogP contribution is -2.48. The van der Waals surface area contributed by atoms with E-state index < -0.39 is 54.8 Å². The molecule has 3 heterocycles. The molecule has 3 unspecified atom stereocenters. The number of benzene rings is 1. The summed E-state index contributed by atoms with van der Waals surface area (Å²) in [5, 5.41) is 9.49. The van der Waals surface area contributed by atoms with E-state index in [0.717, 1.165) is 28.6 Å². The van der Waals surface area contributed by atoms with Crippen LogP contribution in [0.25, 0.3) is 0 Å². The predicted octanol–water partition coefficient (Wildman–Crippen LogP) is 3.47. The lowest BCUT2D eigenvalue weighted by atomic mass is 10.0. The highest BCUT2D eigenvalue weighted by atomic mass is 19.3. The molecule has 3 aromatic rings. The fraction of sp³-hybridized carbons (Fsp3) is 0.400. The van der Waals surface area contributed by atoms with E-state index in [1.165, 1.54) is 0 Å². The van der Waals surface area contributed by atoms with Gasteiger partial charge in [-0.15, -0.1) is 10.2 Å². The van der Waals surface area contributed by atoms with Crippen molar-refractivity contribution in [3.63, 3.8) is 0 Å². The predicted molar refractivity (Wildman–Crippen MR) is 123 cm³/mol. The van der Waals surface area contributed by atoms with Crippen LogP contribution in [0.3, 0.4) is 0 Å². The van der Waals surface area contributed by atoms with Gasteiger partial charge in [-0.1, -0.05) is 36.4 Å². The van der Waals surface area contributed by atoms with Crippen molar-refractivity contribution in [2.24, 2.45) is 0 Å². The van der Waals surface area contributed by atoms with E-state index in [-0.39, 0.29) is 24.6 Å². The zero-order chi connectivity index (χ0) is 26.1. The van der Waals surface area contributed by atoms with Crippen molar-refractivity contribution in [1.82, 2.24) is 30.0 Å². The third kappa shape index (κ3) is 5.32. The molecule has 1 saturated carbocycles. The normalized spacial score (nSPS) is 20.3. The second-order valence-electron chi connectivity index (χ2n) is 9.26. The quantitative estimate of drug-likeness (QED) is 0.366. The zero-order valence-corrected chi connectivity index (χ0v) is 19.6. The fourth-order valence-electron chi connectivity index (χ4n) is 4.63. The Hall–Kier alpha value is -3.83. The number of alkyl halides is 3. The van der Waals surface area contributed by atoms with Crippen LogP contribution in [0.2, 0.25) is 0 Å². The van der Waals surface area contributed by atoms with Gasteiger partial charge in [-0.25, -0.2) is 18.2 Å². The Morgan fingerprint density at radius 3 is 2.54 bits per heavy atom. The van der Waals surface area contributed by atoms with E-state index in [1.54, 1.807) is 42.5 Å². The van der Waals surface area contributed by atoms with Crippen molar-refractivity contribution in [1.29, 1.82) is 0 Å². The molecule has 2 fully saturated rings. The van der Waals surface area contributed by atoms with Gasteiger partial charge in [0.2, 0.25) is 17.8 Å². The SMILES string of the molecule is O=C(NC(c1ccccc1)c1ccc(C2CC2)c(F)n1)C1CC(F)CN1C(=O)Cn1cnnc1C(F)F. The molecular formula is C25H24F4N6O2. The molecule has 194 valence electrons. The second-order valence-corrected chi connectivity index (χ2v) is 9.26. The number of aromatic nitrogens is 4. The van der Waals surface area contributed by atoms with Crippen molar-refractivity contribution in [2.75, 3.05) is 6.54 Å². The minimum atomic E-state index is -2.95. The van der Waals surface area contributed by atoms with E-state index in [1.807, 2.05) is 0 Å². The van der Waals surface area contributed by atoms with Crippen LogP contribution in [0.15, 0.2) is 48.8 Å². The highest BCUT2D eigenvalue weighted by molar-refractivity contribution is 5.88. The Morgan fingerprint density at radius 2 is 1.86 bits per heavy atom. The Labute approximate surface area is 209 Å². The molecule has 8 nitrogen and oxygen atoms in total. The lowest BCUT2D eigenvalue weighted by Gasteiger charge is -2.27. The largest absolute Gasteiger partial charge is 0.342 e. The highest BCUT2D eigenvalue weighted by Gasteiger charge is 2.41. The van der Waals surface area contributed by atoms with Crippen LogP contribution in [-0.2, 0) is 16.1 Å². The van der Waals surface area contributed by atoms with Crippen LogP contribution in [0.1, 0.15) is 60.3 Å². The molecule has 2 aliphatic rings. The van der Waals surface area contributed by atoms with Crippen molar-refractivity contribution in [2.45, 2.75) is 56.4 Å². The molecule has 12 heteroatoms. The van der Waals surface area contributed by atoms with E-state index in [4.69, 9.17) is 0 Å². The number of likely N-dealkylation sites (tertiary alicyclic amines) is 1. The number of amides is 2. The Morgan fingerprint density at radius 1 is 1.11 bits per heavy atom. The Balaban J connectivity index is 1.37. The van der Waals surface area contributed by atoms with Crippen LogP contribution in [0.4, 0.5) is 17.6 Å². The van der Waals surface area contributed by atoms with E-state index in [2.05, 4.69) is 20.5 Å². The molecule has 37 heavy (non-hydrogen) atoms. The summed E-state index contributed by atoms with van der Waals surface area (Å²) < 4.78 is 56.3.